The number of anilines is 1. The highest BCUT2D eigenvalue weighted by molar-refractivity contribution is 8.00. The van der Waals surface area contributed by atoms with E-state index in [1.165, 1.54) is 28.6 Å². The number of hydrogen-bond donors (Lipinski definition) is 1. The Hall–Kier alpha value is -1.22. The van der Waals surface area contributed by atoms with Crippen molar-refractivity contribution in [1.82, 2.24) is 4.98 Å². The Morgan fingerprint density at radius 1 is 1.35 bits per heavy atom. The van der Waals surface area contributed by atoms with Gasteiger partial charge in [0.1, 0.15) is 0 Å². The topological polar surface area (TPSA) is 24.9 Å². The molecular formula is C14H16N2S. The first-order valence-electron chi connectivity index (χ1n) is 6.04. The van der Waals surface area contributed by atoms with Gasteiger partial charge in [0.15, 0.2) is 0 Å². The van der Waals surface area contributed by atoms with E-state index >= 15 is 0 Å². The molecule has 2 heterocycles. The van der Waals surface area contributed by atoms with E-state index in [2.05, 4.69) is 53.3 Å². The second kappa shape index (κ2) is 4.57. The summed E-state index contributed by atoms with van der Waals surface area (Å²) < 4.78 is 0. The van der Waals surface area contributed by atoms with Crippen LogP contribution in [0, 0.1) is 0 Å². The molecule has 1 aliphatic rings. The first-order valence-corrected chi connectivity index (χ1v) is 7.09. The van der Waals surface area contributed by atoms with Gasteiger partial charge in [-0.1, -0.05) is 19.1 Å². The van der Waals surface area contributed by atoms with Crippen molar-refractivity contribution in [2.75, 3.05) is 11.1 Å². The summed E-state index contributed by atoms with van der Waals surface area (Å²) >= 11 is 2.06. The maximum atomic E-state index is 4.17. The lowest BCUT2D eigenvalue weighted by molar-refractivity contribution is 0.748. The molecule has 1 fully saturated rings. The van der Waals surface area contributed by atoms with Crippen molar-refractivity contribution in [2.24, 2.45) is 0 Å². The first-order chi connectivity index (χ1) is 8.33. The summed E-state index contributed by atoms with van der Waals surface area (Å²) in [5, 5.41) is 6.92. The van der Waals surface area contributed by atoms with E-state index in [9.17, 15) is 0 Å². The van der Waals surface area contributed by atoms with Crippen LogP contribution >= 0.6 is 11.8 Å². The van der Waals surface area contributed by atoms with Gasteiger partial charge in [-0.2, -0.15) is 11.8 Å². The van der Waals surface area contributed by atoms with Gasteiger partial charge >= 0.3 is 0 Å². The number of rotatable bonds is 2. The maximum absolute atomic E-state index is 4.17. The minimum absolute atomic E-state index is 0.605. The molecule has 0 bridgehead atoms. The SMILES string of the molecule is CC1CC(Nc2cccc3cnccc23)CS1. The van der Waals surface area contributed by atoms with Crippen LogP contribution in [-0.4, -0.2) is 22.0 Å². The van der Waals surface area contributed by atoms with Gasteiger partial charge in [-0.15, -0.1) is 0 Å². The van der Waals surface area contributed by atoms with Gasteiger partial charge in [-0.3, -0.25) is 4.98 Å². The molecule has 2 unspecified atom stereocenters. The zero-order chi connectivity index (χ0) is 11.7. The zero-order valence-electron chi connectivity index (χ0n) is 9.89. The molecule has 2 aromatic rings. The molecule has 17 heavy (non-hydrogen) atoms. The van der Waals surface area contributed by atoms with E-state index in [1.807, 2.05) is 12.4 Å². The van der Waals surface area contributed by atoms with Crippen molar-refractivity contribution in [3.8, 4) is 0 Å². The molecule has 2 atom stereocenters. The van der Waals surface area contributed by atoms with Crippen LogP contribution in [0.3, 0.4) is 0 Å². The van der Waals surface area contributed by atoms with Gasteiger partial charge in [0.25, 0.3) is 0 Å². The Morgan fingerprint density at radius 3 is 3.12 bits per heavy atom. The first kappa shape index (κ1) is 10.9. The molecule has 0 aliphatic carbocycles. The average molecular weight is 244 g/mol. The number of benzene rings is 1. The second-order valence-corrected chi connectivity index (χ2v) is 6.09. The summed E-state index contributed by atoms with van der Waals surface area (Å²) in [7, 11) is 0. The predicted molar refractivity (Wildman–Crippen MR) is 75.7 cm³/mol. The highest BCUT2D eigenvalue weighted by atomic mass is 32.2. The molecule has 0 radical (unpaired) electrons. The molecule has 2 nitrogen and oxygen atoms in total. The van der Waals surface area contributed by atoms with Crippen LogP contribution in [0.5, 0.6) is 0 Å². The van der Waals surface area contributed by atoms with Crippen LogP contribution in [0.25, 0.3) is 10.8 Å². The zero-order valence-corrected chi connectivity index (χ0v) is 10.7. The molecule has 88 valence electrons. The number of fused-ring (bicyclic) bond motifs is 1. The van der Waals surface area contributed by atoms with E-state index in [4.69, 9.17) is 0 Å². The molecule has 3 rings (SSSR count). The number of thioether (sulfide) groups is 1. The van der Waals surface area contributed by atoms with Crippen LogP contribution in [0.2, 0.25) is 0 Å². The van der Waals surface area contributed by atoms with Gasteiger partial charge in [-0.25, -0.2) is 0 Å². The number of hydrogen-bond acceptors (Lipinski definition) is 3. The summed E-state index contributed by atoms with van der Waals surface area (Å²) in [4.78, 5) is 4.17. The van der Waals surface area contributed by atoms with Crippen molar-refractivity contribution < 1.29 is 0 Å². The third kappa shape index (κ3) is 2.25. The van der Waals surface area contributed by atoms with Crippen LogP contribution < -0.4 is 5.32 Å². The Bertz CT molecular complexity index is 521. The summed E-state index contributed by atoms with van der Waals surface area (Å²) in [6.45, 7) is 2.30. The predicted octanol–water partition coefficient (Wildman–Crippen LogP) is 3.54. The maximum Gasteiger partial charge on any atom is 0.0423 e. The summed E-state index contributed by atoms with van der Waals surface area (Å²) in [6, 6.07) is 9.06. The summed E-state index contributed by atoms with van der Waals surface area (Å²) in [5.74, 6) is 1.21. The Balaban J connectivity index is 1.90. The lowest BCUT2D eigenvalue weighted by Crippen LogP contribution is -2.18. The Morgan fingerprint density at radius 2 is 2.29 bits per heavy atom. The third-order valence-electron chi connectivity index (χ3n) is 3.24. The normalized spacial score (nSPS) is 24.1. The van der Waals surface area contributed by atoms with Crippen LogP contribution in [-0.2, 0) is 0 Å². The van der Waals surface area contributed by atoms with Crippen molar-refractivity contribution in [3.63, 3.8) is 0 Å². The molecule has 0 spiro atoms. The van der Waals surface area contributed by atoms with E-state index in [0.29, 0.717) is 6.04 Å². The van der Waals surface area contributed by atoms with Crippen LogP contribution in [0.1, 0.15) is 13.3 Å². The van der Waals surface area contributed by atoms with Gasteiger partial charge in [-0.05, 0) is 18.6 Å². The molecule has 0 amide bonds. The molecule has 1 aliphatic heterocycles. The number of pyridine rings is 1. The molecule has 1 aromatic heterocycles. The van der Waals surface area contributed by atoms with Gasteiger partial charge in [0.05, 0.1) is 0 Å². The van der Waals surface area contributed by atoms with Crippen molar-refractivity contribution >= 4 is 28.2 Å². The van der Waals surface area contributed by atoms with E-state index < -0.39 is 0 Å². The molecule has 1 aromatic carbocycles. The standard InChI is InChI=1S/C14H16N2S/c1-10-7-12(9-17-10)16-14-4-2-3-11-8-15-6-5-13(11)14/h2-6,8,10,12,16H,7,9H2,1H3. The molecular weight excluding hydrogens is 228 g/mol. The molecule has 3 heteroatoms. The van der Waals surface area contributed by atoms with Crippen LogP contribution in [0.4, 0.5) is 5.69 Å². The number of nitrogens with zero attached hydrogens (tertiary/aromatic N) is 1. The smallest absolute Gasteiger partial charge is 0.0423 e. The van der Waals surface area contributed by atoms with Gasteiger partial charge in [0.2, 0.25) is 0 Å². The largest absolute Gasteiger partial charge is 0.381 e. The lowest BCUT2D eigenvalue weighted by Gasteiger charge is -2.15. The summed E-state index contributed by atoms with van der Waals surface area (Å²) in [5.41, 5.74) is 1.24. The minimum atomic E-state index is 0.605. The highest BCUT2D eigenvalue weighted by Crippen LogP contribution is 2.30. The van der Waals surface area contributed by atoms with Gasteiger partial charge in [0, 0.05) is 45.9 Å². The monoisotopic (exact) mass is 244 g/mol. The highest BCUT2D eigenvalue weighted by Gasteiger charge is 2.21. The second-order valence-electron chi connectivity index (χ2n) is 4.62. The number of nitrogens with one attached hydrogen (secondary N) is 1. The molecule has 0 saturated carbocycles. The van der Waals surface area contributed by atoms with Gasteiger partial charge < -0.3 is 5.32 Å². The van der Waals surface area contributed by atoms with E-state index in [-0.39, 0.29) is 0 Å². The quantitative estimate of drug-likeness (QED) is 0.874. The third-order valence-corrected chi connectivity index (χ3v) is 4.60. The summed E-state index contributed by atoms with van der Waals surface area (Å²) in [6.07, 6.45) is 5.04. The molecule has 1 N–H and O–H groups in total. The Kier molecular flexibility index (Phi) is 2.93. The van der Waals surface area contributed by atoms with Crippen molar-refractivity contribution in [2.45, 2.75) is 24.6 Å². The fourth-order valence-electron chi connectivity index (χ4n) is 2.39. The fraction of sp³-hybridized carbons (Fsp3) is 0.357. The van der Waals surface area contributed by atoms with E-state index in [0.717, 1.165) is 5.25 Å². The average Bonchev–Trinajstić information content (AvgIpc) is 2.75. The van der Waals surface area contributed by atoms with Crippen molar-refractivity contribution in [3.05, 3.63) is 36.7 Å². The van der Waals surface area contributed by atoms with Crippen LogP contribution in [0.15, 0.2) is 36.7 Å². The minimum Gasteiger partial charge on any atom is -0.381 e. The fourth-order valence-corrected chi connectivity index (χ4v) is 3.53. The lowest BCUT2D eigenvalue weighted by atomic mass is 10.1. The van der Waals surface area contributed by atoms with E-state index in [1.54, 1.807) is 0 Å². The Labute approximate surface area is 106 Å². The number of aromatic nitrogens is 1. The van der Waals surface area contributed by atoms with Crippen molar-refractivity contribution in [1.29, 1.82) is 0 Å². The molecule has 1 saturated heterocycles.